The van der Waals surface area contributed by atoms with Crippen LogP contribution >= 0.6 is 11.7 Å². The third-order valence-electron chi connectivity index (χ3n) is 7.59. The number of aryl methyl sites for hydroxylation is 1. The van der Waals surface area contributed by atoms with Gasteiger partial charge in [-0.1, -0.05) is 30.7 Å². The van der Waals surface area contributed by atoms with Crippen LogP contribution in [-0.4, -0.2) is 65.0 Å². The highest BCUT2D eigenvalue weighted by atomic mass is 32.1. The van der Waals surface area contributed by atoms with Crippen molar-refractivity contribution < 1.29 is 4.74 Å². The van der Waals surface area contributed by atoms with Crippen molar-refractivity contribution in [2.24, 2.45) is 0 Å². The van der Waals surface area contributed by atoms with E-state index in [4.69, 9.17) is 9.72 Å². The lowest BCUT2D eigenvalue weighted by molar-refractivity contribution is 0.295. The molecule has 0 unspecified atom stereocenters. The van der Waals surface area contributed by atoms with Gasteiger partial charge in [0.2, 0.25) is 0 Å². The van der Waals surface area contributed by atoms with Gasteiger partial charge in [-0.25, -0.2) is 0 Å². The van der Waals surface area contributed by atoms with Crippen molar-refractivity contribution in [3.63, 3.8) is 0 Å². The Morgan fingerprint density at radius 1 is 0.974 bits per heavy atom. The molecule has 1 aliphatic carbocycles. The molecule has 2 N–H and O–H groups in total. The summed E-state index contributed by atoms with van der Waals surface area (Å²) in [6, 6.07) is 8.59. The van der Waals surface area contributed by atoms with Crippen LogP contribution in [0.2, 0.25) is 0 Å². The SMILES string of the molecule is CN1CCC=C(c2nsnc2OCCCCNCCCCCNc2c3c(nc4ccccc24)CCCC3)C1. The van der Waals surface area contributed by atoms with Crippen molar-refractivity contribution in [2.75, 3.05) is 51.7 Å². The third kappa shape index (κ3) is 7.10. The smallest absolute Gasteiger partial charge is 0.253 e. The number of rotatable bonds is 14. The van der Waals surface area contributed by atoms with E-state index in [0.29, 0.717) is 12.5 Å². The first kappa shape index (κ1) is 27.0. The molecule has 5 rings (SSSR count). The maximum atomic E-state index is 5.97. The lowest BCUT2D eigenvalue weighted by atomic mass is 9.92. The van der Waals surface area contributed by atoms with Gasteiger partial charge in [0.05, 0.1) is 23.9 Å². The summed E-state index contributed by atoms with van der Waals surface area (Å²) < 4.78 is 14.8. The molecule has 38 heavy (non-hydrogen) atoms. The number of aromatic nitrogens is 3. The molecule has 2 aromatic heterocycles. The van der Waals surface area contributed by atoms with E-state index >= 15 is 0 Å². The van der Waals surface area contributed by atoms with Gasteiger partial charge < -0.3 is 20.3 Å². The average Bonchev–Trinajstić information content (AvgIpc) is 3.41. The van der Waals surface area contributed by atoms with Crippen LogP contribution in [0, 0.1) is 0 Å². The lowest BCUT2D eigenvalue weighted by Crippen LogP contribution is -2.25. The van der Waals surface area contributed by atoms with Crippen LogP contribution in [0.1, 0.15) is 68.3 Å². The highest BCUT2D eigenvalue weighted by molar-refractivity contribution is 6.99. The molecule has 1 aliphatic heterocycles. The minimum atomic E-state index is 0.697. The number of likely N-dealkylation sites (N-methyl/N-ethyl adjacent to an activating group) is 1. The Kier molecular flexibility index (Phi) is 9.97. The topological polar surface area (TPSA) is 75.2 Å². The van der Waals surface area contributed by atoms with Crippen LogP contribution in [0.3, 0.4) is 0 Å². The minimum Gasteiger partial charge on any atom is -0.475 e. The van der Waals surface area contributed by atoms with Gasteiger partial charge in [-0.2, -0.15) is 4.37 Å². The minimum absolute atomic E-state index is 0.697. The van der Waals surface area contributed by atoms with Crippen LogP contribution in [0.15, 0.2) is 30.3 Å². The van der Waals surface area contributed by atoms with Crippen LogP contribution < -0.4 is 15.4 Å². The van der Waals surface area contributed by atoms with Gasteiger partial charge in [-0.05, 0) is 95.1 Å². The number of ether oxygens (including phenoxy) is 1. The van der Waals surface area contributed by atoms with E-state index in [0.717, 1.165) is 76.0 Å². The summed E-state index contributed by atoms with van der Waals surface area (Å²) in [5.74, 6) is 0.707. The van der Waals surface area contributed by atoms with Gasteiger partial charge in [-0.15, -0.1) is 4.37 Å². The van der Waals surface area contributed by atoms with Gasteiger partial charge in [0.25, 0.3) is 5.88 Å². The molecule has 0 fully saturated rings. The number of pyridine rings is 1. The first-order chi connectivity index (χ1) is 18.8. The largest absolute Gasteiger partial charge is 0.475 e. The molecule has 0 amide bonds. The number of nitrogens with zero attached hydrogens (tertiary/aromatic N) is 4. The highest BCUT2D eigenvalue weighted by Crippen LogP contribution is 2.33. The van der Waals surface area contributed by atoms with Crippen molar-refractivity contribution in [1.82, 2.24) is 23.9 Å². The van der Waals surface area contributed by atoms with E-state index in [9.17, 15) is 0 Å². The molecule has 0 bridgehead atoms. The predicted molar refractivity (Wildman–Crippen MR) is 158 cm³/mol. The molecular formula is C30H42N6OS. The molecule has 0 saturated heterocycles. The van der Waals surface area contributed by atoms with Crippen LogP contribution in [0.5, 0.6) is 5.88 Å². The fourth-order valence-corrected chi connectivity index (χ4v) is 6.05. The predicted octanol–water partition coefficient (Wildman–Crippen LogP) is 5.72. The van der Waals surface area contributed by atoms with Crippen molar-refractivity contribution in [1.29, 1.82) is 0 Å². The van der Waals surface area contributed by atoms with Crippen LogP contribution in [0.4, 0.5) is 5.69 Å². The Morgan fingerprint density at radius 2 is 1.82 bits per heavy atom. The summed E-state index contributed by atoms with van der Waals surface area (Å²) >= 11 is 1.24. The second-order valence-corrected chi connectivity index (χ2v) is 11.1. The zero-order valence-electron chi connectivity index (χ0n) is 22.8. The number of anilines is 1. The Morgan fingerprint density at radius 3 is 2.74 bits per heavy atom. The summed E-state index contributed by atoms with van der Waals surface area (Å²) in [7, 11) is 2.15. The number of benzene rings is 1. The van der Waals surface area contributed by atoms with Gasteiger partial charge >= 0.3 is 0 Å². The maximum Gasteiger partial charge on any atom is 0.253 e. The molecule has 0 saturated carbocycles. The zero-order valence-corrected chi connectivity index (χ0v) is 23.6. The quantitative estimate of drug-likeness (QED) is 0.256. The molecular weight excluding hydrogens is 492 g/mol. The molecule has 0 atom stereocenters. The number of nitrogens with one attached hydrogen (secondary N) is 2. The van der Waals surface area contributed by atoms with Crippen molar-refractivity contribution in [3.8, 4) is 5.88 Å². The summed E-state index contributed by atoms with van der Waals surface area (Å²) in [6.45, 7) is 5.86. The van der Waals surface area contributed by atoms with E-state index in [2.05, 4.69) is 61.7 Å². The van der Waals surface area contributed by atoms with Gasteiger partial charge in [-0.3, -0.25) is 4.98 Å². The van der Waals surface area contributed by atoms with Crippen molar-refractivity contribution in [2.45, 2.75) is 64.2 Å². The van der Waals surface area contributed by atoms with Gasteiger partial charge in [0.1, 0.15) is 5.69 Å². The Balaban J connectivity index is 0.934. The highest BCUT2D eigenvalue weighted by Gasteiger charge is 2.19. The number of hydrogen-bond acceptors (Lipinski definition) is 8. The lowest BCUT2D eigenvalue weighted by Gasteiger charge is -2.22. The molecule has 7 nitrogen and oxygen atoms in total. The Bertz CT molecular complexity index is 1210. The third-order valence-corrected chi connectivity index (χ3v) is 8.10. The van der Waals surface area contributed by atoms with Crippen molar-refractivity contribution >= 4 is 33.9 Å². The van der Waals surface area contributed by atoms with E-state index in [1.807, 2.05) is 0 Å². The molecule has 204 valence electrons. The molecule has 1 aromatic carbocycles. The van der Waals surface area contributed by atoms with Gasteiger partial charge in [0, 0.05) is 36.4 Å². The Hall–Kier alpha value is -2.55. The summed E-state index contributed by atoms with van der Waals surface area (Å²) in [4.78, 5) is 7.27. The van der Waals surface area contributed by atoms with Crippen LogP contribution in [0.25, 0.3) is 16.5 Å². The molecule has 0 radical (unpaired) electrons. The maximum absolute atomic E-state index is 5.97. The first-order valence-corrected chi connectivity index (χ1v) is 15.2. The number of para-hydroxylation sites is 1. The molecule has 2 aliphatic rings. The fraction of sp³-hybridized carbons (Fsp3) is 0.567. The molecule has 0 spiro atoms. The zero-order chi connectivity index (χ0) is 26.0. The molecule has 3 aromatic rings. The molecule has 8 heteroatoms. The van der Waals surface area contributed by atoms with E-state index < -0.39 is 0 Å². The number of hydrogen-bond donors (Lipinski definition) is 2. The van der Waals surface area contributed by atoms with E-state index in [1.165, 1.54) is 71.7 Å². The monoisotopic (exact) mass is 534 g/mol. The summed E-state index contributed by atoms with van der Waals surface area (Å²) in [5.41, 5.74) is 7.42. The number of fused-ring (bicyclic) bond motifs is 2. The number of unbranched alkanes of at least 4 members (excludes halogenated alkanes) is 3. The van der Waals surface area contributed by atoms with Gasteiger partial charge in [0.15, 0.2) is 0 Å². The summed E-state index contributed by atoms with van der Waals surface area (Å²) in [5, 5.41) is 8.66. The second-order valence-electron chi connectivity index (χ2n) is 10.6. The average molecular weight is 535 g/mol. The second kappa shape index (κ2) is 14.0. The van der Waals surface area contributed by atoms with Crippen molar-refractivity contribution in [3.05, 3.63) is 47.3 Å². The van der Waals surface area contributed by atoms with Crippen LogP contribution in [-0.2, 0) is 12.8 Å². The normalized spacial score (nSPS) is 15.9. The fourth-order valence-electron chi connectivity index (χ4n) is 5.52. The summed E-state index contributed by atoms with van der Waals surface area (Å²) in [6.07, 6.45) is 13.9. The first-order valence-electron chi connectivity index (χ1n) is 14.5. The van der Waals surface area contributed by atoms with E-state index in [-0.39, 0.29) is 0 Å². The Labute approximate surface area is 231 Å². The standard InChI is InChI=1S/C30H42N6OS/c1-36-20-11-12-23(22-36)28-30(35-38-34-28)37-21-10-9-18-31-17-7-2-8-19-32-29-24-13-3-5-15-26(24)33-27-16-6-4-14-25(27)29/h3,5,12-13,15,31H,2,4,6-11,14,16-22H2,1H3,(H,32,33). The molecule has 3 heterocycles. The van der Waals surface area contributed by atoms with E-state index in [1.54, 1.807) is 0 Å².